The van der Waals surface area contributed by atoms with E-state index in [9.17, 15) is 4.79 Å². The highest BCUT2D eigenvalue weighted by atomic mass is 35.5. The molecule has 1 aromatic heterocycles. The highest BCUT2D eigenvalue weighted by Crippen LogP contribution is 2.41. The van der Waals surface area contributed by atoms with E-state index in [0.717, 1.165) is 34.7 Å². The Morgan fingerprint density at radius 3 is 2.59 bits per heavy atom. The molecule has 0 bridgehead atoms. The van der Waals surface area contributed by atoms with E-state index in [2.05, 4.69) is 10.4 Å². The maximum absolute atomic E-state index is 12.5. The van der Waals surface area contributed by atoms with E-state index < -0.39 is 0 Å². The van der Waals surface area contributed by atoms with Crippen LogP contribution in [0.3, 0.4) is 0 Å². The van der Waals surface area contributed by atoms with E-state index >= 15 is 0 Å². The van der Waals surface area contributed by atoms with Crippen LogP contribution < -0.4 is 5.32 Å². The van der Waals surface area contributed by atoms with Gasteiger partial charge in [-0.2, -0.15) is 5.10 Å². The molecule has 1 heterocycles. The molecule has 1 amide bonds. The van der Waals surface area contributed by atoms with Gasteiger partial charge in [-0.25, -0.2) is 4.68 Å². The second-order valence-corrected chi connectivity index (χ2v) is 7.50. The van der Waals surface area contributed by atoms with Gasteiger partial charge in [0.15, 0.2) is 0 Å². The summed E-state index contributed by atoms with van der Waals surface area (Å²) >= 11 is 5.99. The van der Waals surface area contributed by atoms with Gasteiger partial charge in [-0.05, 0) is 60.6 Å². The third-order valence-corrected chi connectivity index (χ3v) is 5.19. The molecule has 1 N–H and O–H groups in total. The first-order valence-corrected chi connectivity index (χ1v) is 9.70. The molecule has 1 atom stereocenters. The number of nitrogens with one attached hydrogen (secondary N) is 1. The third-order valence-electron chi connectivity index (χ3n) is 4.94. The minimum Gasteiger partial charge on any atom is -0.349 e. The summed E-state index contributed by atoms with van der Waals surface area (Å²) in [6.07, 6.45) is 7.28. The molecule has 27 heavy (non-hydrogen) atoms. The number of amides is 1. The number of carbonyl (C=O) groups is 1. The Morgan fingerprint density at radius 2 is 1.89 bits per heavy atom. The fourth-order valence-corrected chi connectivity index (χ4v) is 3.41. The van der Waals surface area contributed by atoms with E-state index in [4.69, 9.17) is 11.6 Å². The predicted molar refractivity (Wildman–Crippen MR) is 107 cm³/mol. The van der Waals surface area contributed by atoms with E-state index in [-0.39, 0.29) is 11.9 Å². The molecule has 0 spiro atoms. The Balaban J connectivity index is 1.35. The van der Waals surface area contributed by atoms with Gasteiger partial charge in [-0.1, -0.05) is 41.9 Å². The monoisotopic (exact) mass is 379 g/mol. The van der Waals surface area contributed by atoms with E-state index in [1.165, 1.54) is 0 Å². The first kappa shape index (κ1) is 17.8. The van der Waals surface area contributed by atoms with Gasteiger partial charge in [-0.3, -0.25) is 4.79 Å². The van der Waals surface area contributed by atoms with Crippen molar-refractivity contribution in [1.82, 2.24) is 15.1 Å². The van der Waals surface area contributed by atoms with Crippen LogP contribution in [-0.4, -0.2) is 15.7 Å². The number of carbonyl (C=O) groups excluding carboxylic acids is 1. The normalized spacial score (nSPS) is 14.7. The average Bonchev–Trinajstić information content (AvgIpc) is 3.43. The van der Waals surface area contributed by atoms with Crippen molar-refractivity contribution in [3.8, 4) is 5.69 Å². The van der Waals surface area contributed by atoms with Crippen molar-refractivity contribution >= 4 is 17.5 Å². The molecule has 4 nitrogen and oxygen atoms in total. The topological polar surface area (TPSA) is 46.9 Å². The molecule has 1 saturated carbocycles. The summed E-state index contributed by atoms with van der Waals surface area (Å²) in [5.74, 6) is 0.616. The molecule has 1 unspecified atom stereocenters. The number of halogens is 1. The molecule has 2 aromatic carbocycles. The minimum absolute atomic E-state index is 0.0781. The molecule has 1 aliphatic carbocycles. The fraction of sp³-hybridized carbons (Fsp3) is 0.273. The predicted octanol–water partition coefficient (Wildman–Crippen LogP) is 4.73. The first-order valence-electron chi connectivity index (χ1n) is 9.33. The average molecular weight is 380 g/mol. The lowest BCUT2D eigenvalue weighted by Gasteiger charge is -2.19. The largest absolute Gasteiger partial charge is 0.349 e. The first-order chi connectivity index (χ1) is 13.2. The molecule has 3 aromatic rings. The van der Waals surface area contributed by atoms with Gasteiger partial charge in [0.2, 0.25) is 5.91 Å². The lowest BCUT2D eigenvalue weighted by molar-refractivity contribution is -0.122. The van der Waals surface area contributed by atoms with Crippen LogP contribution in [0.5, 0.6) is 0 Å². The van der Waals surface area contributed by atoms with E-state index in [1.807, 2.05) is 71.7 Å². The Bertz CT molecular complexity index is 901. The summed E-state index contributed by atoms with van der Waals surface area (Å²) in [4.78, 5) is 12.5. The lowest BCUT2D eigenvalue weighted by atomic mass is 10.0. The maximum atomic E-state index is 12.5. The summed E-state index contributed by atoms with van der Waals surface area (Å²) in [5.41, 5.74) is 3.21. The van der Waals surface area contributed by atoms with Crippen molar-refractivity contribution in [3.63, 3.8) is 0 Å². The van der Waals surface area contributed by atoms with Gasteiger partial charge in [-0.15, -0.1) is 0 Å². The van der Waals surface area contributed by atoms with Gasteiger partial charge in [0.1, 0.15) is 0 Å². The second kappa shape index (κ2) is 7.97. The SMILES string of the molecule is O=C(CCc1cnn(-c2ccccc2)c1)NC(c1ccc(Cl)cc1)C1CC1. The number of nitrogens with zero attached hydrogens (tertiary/aromatic N) is 2. The summed E-state index contributed by atoms with van der Waals surface area (Å²) in [6.45, 7) is 0. The zero-order chi connectivity index (χ0) is 18.6. The number of aromatic nitrogens is 2. The summed E-state index contributed by atoms with van der Waals surface area (Å²) < 4.78 is 1.84. The molecule has 0 radical (unpaired) electrons. The lowest BCUT2D eigenvalue weighted by Crippen LogP contribution is -2.30. The second-order valence-electron chi connectivity index (χ2n) is 7.06. The summed E-state index contributed by atoms with van der Waals surface area (Å²) in [5, 5.41) is 8.32. The van der Waals surface area contributed by atoms with Crippen LogP contribution in [-0.2, 0) is 11.2 Å². The fourth-order valence-electron chi connectivity index (χ4n) is 3.29. The number of aryl methyl sites for hydroxylation is 1. The van der Waals surface area contributed by atoms with Gasteiger partial charge < -0.3 is 5.32 Å². The summed E-state index contributed by atoms with van der Waals surface area (Å²) in [7, 11) is 0. The number of rotatable bonds is 7. The van der Waals surface area contributed by atoms with Crippen LogP contribution in [0.15, 0.2) is 67.0 Å². The van der Waals surface area contributed by atoms with Crippen LogP contribution in [0.2, 0.25) is 5.02 Å². The molecular formula is C22H22ClN3O. The number of hydrogen-bond donors (Lipinski definition) is 1. The van der Waals surface area contributed by atoms with Crippen LogP contribution in [0.25, 0.3) is 5.69 Å². The van der Waals surface area contributed by atoms with Crippen LogP contribution in [0.4, 0.5) is 0 Å². The van der Waals surface area contributed by atoms with Crippen molar-refractivity contribution in [2.75, 3.05) is 0 Å². The highest BCUT2D eigenvalue weighted by molar-refractivity contribution is 6.30. The molecular weight excluding hydrogens is 358 g/mol. The van der Waals surface area contributed by atoms with Gasteiger partial charge in [0.25, 0.3) is 0 Å². The third kappa shape index (κ3) is 4.58. The van der Waals surface area contributed by atoms with Crippen LogP contribution in [0.1, 0.15) is 36.4 Å². The molecule has 1 fully saturated rings. The van der Waals surface area contributed by atoms with Crippen molar-refractivity contribution in [2.24, 2.45) is 5.92 Å². The number of para-hydroxylation sites is 1. The zero-order valence-corrected chi connectivity index (χ0v) is 15.8. The quantitative estimate of drug-likeness (QED) is 0.645. The minimum atomic E-state index is 0.0781. The molecule has 0 saturated heterocycles. The van der Waals surface area contributed by atoms with Gasteiger partial charge in [0, 0.05) is 17.6 Å². The Morgan fingerprint density at radius 1 is 1.15 bits per heavy atom. The van der Waals surface area contributed by atoms with Crippen LogP contribution in [0, 0.1) is 5.92 Å². The Labute approximate surface area is 164 Å². The van der Waals surface area contributed by atoms with Crippen molar-refractivity contribution in [3.05, 3.63) is 83.1 Å². The van der Waals surface area contributed by atoms with Crippen molar-refractivity contribution < 1.29 is 4.79 Å². The smallest absolute Gasteiger partial charge is 0.220 e. The van der Waals surface area contributed by atoms with Crippen molar-refractivity contribution in [1.29, 1.82) is 0 Å². The summed E-state index contributed by atoms with van der Waals surface area (Å²) in [6, 6.07) is 17.8. The number of hydrogen-bond acceptors (Lipinski definition) is 2. The Kier molecular flexibility index (Phi) is 5.26. The molecule has 4 rings (SSSR count). The molecule has 1 aliphatic rings. The Hall–Kier alpha value is -2.59. The number of benzene rings is 2. The molecule has 5 heteroatoms. The van der Waals surface area contributed by atoms with Crippen molar-refractivity contribution in [2.45, 2.75) is 31.7 Å². The van der Waals surface area contributed by atoms with E-state index in [1.54, 1.807) is 0 Å². The van der Waals surface area contributed by atoms with Crippen LogP contribution >= 0.6 is 11.6 Å². The van der Waals surface area contributed by atoms with Gasteiger partial charge in [0.05, 0.1) is 17.9 Å². The zero-order valence-electron chi connectivity index (χ0n) is 15.0. The molecule has 0 aliphatic heterocycles. The molecule has 138 valence electrons. The van der Waals surface area contributed by atoms with Gasteiger partial charge >= 0.3 is 0 Å². The highest BCUT2D eigenvalue weighted by Gasteiger charge is 2.33. The standard InChI is InChI=1S/C22H22ClN3O/c23-19-11-9-18(10-12-19)22(17-7-8-17)25-21(27)13-6-16-14-24-26(15-16)20-4-2-1-3-5-20/h1-5,9-12,14-15,17,22H,6-8,13H2,(H,25,27). The maximum Gasteiger partial charge on any atom is 0.220 e. The van der Waals surface area contributed by atoms with E-state index in [0.29, 0.717) is 18.8 Å².